The molecule has 0 heterocycles. The first-order valence-corrected chi connectivity index (χ1v) is 7.00. The van der Waals surface area contributed by atoms with Gasteiger partial charge in [-0.25, -0.2) is 0 Å². The molecule has 0 radical (unpaired) electrons. The van der Waals surface area contributed by atoms with Crippen molar-refractivity contribution in [3.63, 3.8) is 0 Å². The number of aryl methyl sites for hydroxylation is 3. The van der Waals surface area contributed by atoms with Gasteiger partial charge in [0, 0.05) is 6.54 Å². The molecule has 0 aromatic heterocycles. The minimum atomic E-state index is 0.723. The molecular weight excluding hydrogens is 220 g/mol. The molecule has 2 N–H and O–H groups in total. The number of benzene rings is 1. The van der Waals surface area contributed by atoms with E-state index in [2.05, 4.69) is 50.5 Å². The summed E-state index contributed by atoms with van der Waals surface area (Å²) in [6.45, 7) is 12.0. The Kier molecular flexibility index (Phi) is 6.37. The molecule has 0 bridgehead atoms. The first kappa shape index (κ1) is 15.2. The van der Waals surface area contributed by atoms with Crippen LogP contribution in [0.15, 0.2) is 12.1 Å². The van der Waals surface area contributed by atoms with Gasteiger partial charge in [-0.3, -0.25) is 0 Å². The molecule has 0 fully saturated rings. The highest BCUT2D eigenvalue weighted by atomic mass is 14.9. The highest BCUT2D eigenvalue weighted by Crippen LogP contribution is 2.16. The number of hydrogen-bond donors (Lipinski definition) is 2. The molecule has 1 aromatic carbocycles. The molecule has 102 valence electrons. The Morgan fingerprint density at radius 3 is 2.17 bits per heavy atom. The van der Waals surface area contributed by atoms with E-state index in [1.54, 1.807) is 0 Å². The van der Waals surface area contributed by atoms with Crippen molar-refractivity contribution in [2.75, 3.05) is 20.1 Å². The summed E-state index contributed by atoms with van der Waals surface area (Å²) in [6, 6.07) is 4.55. The Morgan fingerprint density at radius 1 is 1.06 bits per heavy atom. The molecule has 2 nitrogen and oxygen atoms in total. The van der Waals surface area contributed by atoms with E-state index in [-0.39, 0.29) is 0 Å². The summed E-state index contributed by atoms with van der Waals surface area (Å²) in [5.74, 6) is 0.723. The van der Waals surface area contributed by atoms with Crippen LogP contribution in [0, 0.1) is 26.7 Å². The topological polar surface area (TPSA) is 24.1 Å². The summed E-state index contributed by atoms with van der Waals surface area (Å²) in [4.78, 5) is 0. The maximum absolute atomic E-state index is 3.60. The van der Waals surface area contributed by atoms with Crippen LogP contribution in [0.5, 0.6) is 0 Å². The Hall–Kier alpha value is -0.860. The second-order valence-corrected chi connectivity index (χ2v) is 5.34. The van der Waals surface area contributed by atoms with Gasteiger partial charge in [0.25, 0.3) is 0 Å². The fourth-order valence-corrected chi connectivity index (χ4v) is 2.54. The summed E-state index contributed by atoms with van der Waals surface area (Å²) < 4.78 is 0. The molecule has 0 aliphatic rings. The van der Waals surface area contributed by atoms with Crippen molar-refractivity contribution in [3.8, 4) is 0 Å². The fraction of sp³-hybridized carbons (Fsp3) is 0.625. The summed E-state index contributed by atoms with van der Waals surface area (Å²) in [7, 11) is 2.02. The quantitative estimate of drug-likeness (QED) is 0.775. The van der Waals surface area contributed by atoms with Gasteiger partial charge in [0.2, 0.25) is 0 Å². The fourth-order valence-electron chi connectivity index (χ4n) is 2.54. The second-order valence-electron chi connectivity index (χ2n) is 5.34. The summed E-state index contributed by atoms with van der Waals surface area (Å²) >= 11 is 0. The van der Waals surface area contributed by atoms with Gasteiger partial charge >= 0.3 is 0 Å². The van der Waals surface area contributed by atoms with Gasteiger partial charge in [-0.2, -0.15) is 0 Å². The van der Waals surface area contributed by atoms with Crippen molar-refractivity contribution in [1.82, 2.24) is 10.6 Å². The van der Waals surface area contributed by atoms with Crippen molar-refractivity contribution < 1.29 is 0 Å². The van der Waals surface area contributed by atoms with Gasteiger partial charge in [-0.1, -0.05) is 31.0 Å². The molecular formula is C16H28N2. The van der Waals surface area contributed by atoms with Gasteiger partial charge < -0.3 is 10.6 Å². The predicted octanol–water partition coefficient (Wildman–Crippen LogP) is 2.95. The smallest absolute Gasteiger partial charge is 0.0210 e. The van der Waals surface area contributed by atoms with Gasteiger partial charge in [-0.15, -0.1) is 0 Å². The molecule has 0 saturated carbocycles. The van der Waals surface area contributed by atoms with E-state index in [9.17, 15) is 0 Å². The van der Waals surface area contributed by atoms with E-state index >= 15 is 0 Å². The van der Waals surface area contributed by atoms with Crippen molar-refractivity contribution in [2.45, 2.75) is 40.7 Å². The summed E-state index contributed by atoms with van der Waals surface area (Å²) in [5, 5.41) is 6.86. The van der Waals surface area contributed by atoms with E-state index < -0.39 is 0 Å². The SMILES string of the molecule is CCC(CNC)CNCc1c(C)cc(C)cc1C. The number of nitrogens with one attached hydrogen (secondary N) is 2. The van der Waals surface area contributed by atoms with Crippen molar-refractivity contribution in [1.29, 1.82) is 0 Å². The third-order valence-electron chi connectivity index (χ3n) is 3.65. The first-order chi connectivity index (χ1) is 8.58. The van der Waals surface area contributed by atoms with Crippen LogP contribution in [-0.2, 0) is 6.54 Å². The first-order valence-electron chi connectivity index (χ1n) is 7.00. The van der Waals surface area contributed by atoms with Crippen LogP contribution in [0.3, 0.4) is 0 Å². The summed E-state index contributed by atoms with van der Waals surface area (Å²) in [6.07, 6.45) is 1.22. The molecule has 0 amide bonds. The van der Waals surface area contributed by atoms with Crippen molar-refractivity contribution in [3.05, 3.63) is 34.4 Å². The van der Waals surface area contributed by atoms with E-state index in [1.165, 1.54) is 28.7 Å². The Morgan fingerprint density at radius 2 is 1.67 bits per heavy atom. The van der Waals surface area contributed by atoms with Crippen LogP contribution in [0.2, 0.25) is 0 Å². The third kappa shape index (κ3) is 4.43. The highest BCUT2D eigenvalue weighted by Gasteiger charge is 2.07. The van der Waals surface area contributed by atoms with Crippen LogP contribution in [0.1, 0.15) is 35.6 Å². The Balaban J connectivity index is 2.53. The monoisotopic (exact) mass is 248 g/mol. The average Bonchev–Trinajstić information content (AvgIpc) is 2.31. The lowest BCUT2D eigenvalue weighted by Gasteiger charge is -2.17. The lowest BCUT2D eigenvalue weighted by molar-refractivity contribution is 0.444. The minimum Gasteiger partial charge on any atom is -0.319 e. The molecule has 1 atom stereocenters. The molecule has 0 spiro atoms. The van der Waals surface area contributed by atoms with E-state index in [4.69, 9.17) is 0 Å². The van der Waals surface area contributed by atoms with Crippen LogP contribution in [-0.4, -0.2) is 20.1 Å². The standard InChI is InChI=1S/C16H28N2/c1-6-15(9-17-5)10-18-11-16-13(3)7-12(2)8-14(16)4/h7-8,15,17-18H,6,9-11H2,1-5H3. The molecule has 18 heavy (non-hydrogen) atoms. The number of rotatable bonds is 7. The van der Waals surface area contributed by atoms with Crippen LogP contribution in [0.25, 0.3) is 0 Å². The molecule has 1 aromatic rings. The second kappa shape index (κ2) is 7.55. The highest BCUT2D eigenvalue weighted by molar-refractivity contribution is 5.37. The van der Waals surface area contributed by atoms with Crippen LogP contribution in [0.4, 0.5) is 0 Å². The maximum Gasteiger partial charge on any atom is 0.0210 e. The molecule has 0 aliphatic heterocycles. The number of hydrogen-bond acceptors (Lipinski definition) is 2. The molecule has 2 heteroatoms. The molecule has 0 saturated heterocycles. The Labute approximate surface area is 112 Å². The van der Waals surface area contributed by atoms with Gasteiger partial charge in [0.1, 0.15) is 0 Å². The maximum atomic E-state index is 3.60. The van der Waals surface area contributed by atoms with Crippen LogP contribution < -0.4 is 10.6 Å². The largest absolute Gasteiger partial charge is 0.319 e. The zero-order chi connectivity index (χ0) is 13.5. The van der Waals surface area contributed by atoms with E-state index in [0.717, 1.165) is 25.6 Å². The lowest BCUT2D eigenvalue weighted by atomic mass is 9.99. The molecule has 0 aliphatic carbocycles. The Bertz CT molecular complexity index is 348. The molecule has 1 rings (SSSR count). The normalized spacial score (nSPS) is 12.7. The summed E-state index contributed by atoms with van der Waals surface area (Å²) in [5.41, 5.74) is 5.62. The predicted molar refractivity (Wildman–Crippen MR) is 80.1 cm³/mol. The molecule has 1 unspecified atom stereocenters. The van der Waals surface area contributed by atoms with Crippen molar-refractivity contribution in [2.24, 2.45) is 5.92 Å². The van der Waals surface area contributed by atoms with E-state index in [0.29, 0.717) is 0 Å². The zero-order valence-corrected chi connectivity index (χ0v) is 12.6. The average molecular weight is 248 g/mol. The van der Waals surface area contributed by atoms with Crippen molar-refractivity contribution >= 4 is 0 Å². The third-order valence-corrected chi connectivity index (χ3v) is 3.65. The van der Waals surface area contributed by atoms with E-state index in [1.807, 2.05) is 7.05 Å². The minimum absolute atomic E-state index is 0.723. The van der Waals surface area contributed by atoms with Gasteiger partial charge in [0.05, 0.1) is 0 Å². The van der Waals surface area contributed by atoms with Gasteiger partial charge in [-0.05, 0) is 63.5 Å². The van der Waals surface area contributed by atoms with Gasteiger partial charge in [0.15, 0.2) is 0 Å². The van der Waals surface area contributed by atoms with Crippen LogP contribution >= 0.6 is 0 Å². The zero-order valence-electron chi connectivity index (χ0n) is 12.6. The lowest BCUT2D eigenvalue weighted by Crippen LogP contribution is -2.29.